The van der Waals surface area contributed by atoms with Gasteiger partial charge in [-0.15, -0.1) is 0 Å². The van der Waals surface area contributed by atoms with Crippen molar-refractivity contribution in [2.75, 3.05) is 13.7 Å². The Morgan fingerprint density at radius 2 is 1.56 bits per heavy atom. The van der Waals surface area contributed by atoms with E-state index in [0.29, 0.717) is 13.2 Å². The smallest absolute Gasteiger partial charge is 0.0717 e. The van der Waals surface area contributed by atoms with Gasteiger partial charge in [0, 0.05) is 0 Å². The van der Waals surface area contributed by atoms with Gasteiger partial charge in [-0.25, -0.2) is 0 Å². The monoisotopic (exact) mass is 241 g/mol. The van der Waals surface area contributed by atoms with Crippen molar-refractivity contribution in [3.05, 3.63) is 71.8 Å². The molecule has 1 atom stereocenters. The first-order valence-electron chi connectivity index (χ1n) is 6.24. The molecule has 2 heteroatoms. The zero-order chi connectivity index (χ0) is 12.6. The lowest BCUT2D eigenvalue weighted by atomic mass is 10.1. The van der Waals surface area contributed by atoms with Crippen molar-refractivity contribution >= 4 is 0 Å². The number of ether oxygens (including phenoxy) is 1. The fourth-order valence-corrected chi connectivity index (χ4v) is 1.90. The van der Waals surface area contributed by atoms with Crippen LogP contribution in [-0.2, 0) is 11.3 Å². The predicted octanol–water partition coefficient (Wildman–Crippen LogP) is 3.16. The summed E-state index contributed by atoms with van der Waals surface area (Å²) in [5.41, 5.74) is 2.47. The van der Waals surface area contributed by atoms with Crippen LogP contribution in [0.5, 0.6) is 0 Å². The highest BCUT2D eigenvalue weighted by molar-refractivity contribution is 5.19. The number of benzene rings is 2. The fourth-order valence-electron chi connectivity index (χ4n) is 1.90. The van der Waals surface area contributed by atoms with Crippen LogP contribution in [0.25, 0.3) is 0 Å². The minimum Gasteiger partial charge on any atom is -0.375 e. The van der Waals surface area contributed by atoms with E-state index in [-0.39, 0.29) is 6.04 Å². The molecule has 0 aliphatic rings. The molecule has 0 spiro atoms. The van der Waals surface area contributed by atoms with Crippen molar-refractivity contribution in [2.45, 2.75) is 12.6 Å². The van der Waals surface area contributed by atoms with E-state index in [1.807, 2.05) is 31.3 Å². The van der Waals surface area contributed by atoms with Crippen LogP contribution in [-0.4, -0.2) is 13.7 Å². The summed E-state index contributed by atoms with van der Waals surface area (Å²) in [4.78, 5) is 0. The summed E-state index contributed by atoms with van der Waals surface area (Å²) in [5, 5.41) is 3.28. The lowest BCUT2D eigenvalue weighted by Crippen LogP contribution is -2.21. The number of likely N-dealkylation sites (N-methyl/N-ethyl adjacent to an activating group) is 1. The fraction of sp³-hybridized carbons (Fsp3) is 0.250. The summed E-state index contributed by atoms with van der Waals surface area (Å²) in [7, 11) is 1.96. The molecular weight excluding hydrogens is 222 g/mol. The highest BCUT2D eigenvalue weighted by Gasteiger charge is 2.08. The van der Waals surface area contributed by atoms with Gasteiger partial charge in [-0.1, -0.05) is 60.7 Å². The zero-order valence-electron chi connectivity index (χ0n) is 10.7. The van der Waals surface area contributed by atoms with Gasteiger partial charge in [-0.3, -0.25) is 0 Å². The predicted molar refractivity (Wildman–Crippen MR) is 74.3 cm³/mol. The first kappa shape index (κ1) is 12.8. The second kappa shape index (κ2) is 6.94. The molecule has 0 heterocycles. The average Bonchev–Trinajstić information content (AvgIpc) is 2.46. The number of rotatable bonds is 6. The summed E-state index contributed by atoms with van der Waals surface area (Å²) in [5.74, 6) is 0. The normalized spacial score (nSPS) is 12.3. The molecule has 2 aromatic carbocycles. The second-order valence-corrected chi connectivity index (χ2v) is 4.25. The molecule has 0 aromatic heterocycles. The molecule has 0 bridgehead atoms. The van der Waals surface area contributed by atoms with E-state index < -0.39 is 0 Å². The summed E-state index contributed by atoms with van der Waals surface area (Å²) in [6, 6.07) is 20.9. The number of hydrogen-bond donors (Lipinski definition) is 1. The topological polar surface area (TPSA) is 21.3 Å². The highest BCUT2D eigenvalue weighted by Crippen LogP contribution is 2.13. The van der Waals surface area contributed by atoms with E-state index in [1.54, 1.807) is 0 Å². The van der Waals surface area contributed by atoms with Gasteiger partial charge in [-0.2, -0.15) is 0 Å². The van der Waals surface area contributed by atoms with Crippen LogP contribution in [0.2, 0.25) is 0 Å². The van der Waals surface area contributed by atoms with Crippen LogP contribution in [0.1, 0.15) is 17.2 Å². The molecule has 2 aromatic rings. The first-order chi connectivity index (χ1) is 8.90. The average molecular weight is 241 g/mol. The highest BCUT2D eigenvalue weighted by atomic mass is 16.5. The van der Waals surface area contributed by atoms with Gasteiger partial charge in [0.05, 0.1) is 19.3 Å². The minimum atomic E-state index is 0.245. The SMILES string of the molecule is CN[C@H](COCc1ccccc1)c1ccccc1. The number of hydrogen-bond acceptors (Lipinski definition) is 2. The van der Waals surface area contributed by atoms with Gasteiger partial charge < -0.3 is 10.1 Å². The summed E-state index contributed by atoms with van der Waals surface area (Å²) < 4.78 is 5.76. The van der Waals surface area contributed by atoms with Gasteiger partial charge in [-0.05, 0) is 18.2 Å². The Balaban J connectivity index is 1.85. The maximum absolute atomic E-state index is 5.76. The quantitative estimate of drug-likeness (QED) is 0.838. The first-order valence-corrected chi connectivity index (χ1v) is 6.24. The Morgan fingerprint density at radius 1 is 0.944 bits per heavy atom. The lowest BCUT2D eigenvalue weighted by molar-refractivity contribution is 0.101. The lowest BCUT2D eigenvalue weighted by Gasteiger charge is -2.16. The minimum absolute atomic E-state index is 0.245. The van der Waals surface area contributed by atoms with Crippen molar-refractivity contribution < 1.29 is 4.74 Å². The van der Waals surface area contributed by atoms with Crippen LogP contribution < -0.4 is 5.32 Å². The Labute approximate surface area is 109 Å². The Kier molecular flexibility index (Phi) is 4.94. The molecule has 0 saturated carbocycles. The molecule has 0 saturated heterocycles. The molecule has 1 N–H and O–H groups in total. The van der Waals surface area contributed by atoms with Crippen LogP contribution in [0.3, 0.4) is 0 Å². The van der Waals surface area contributed by atoms with Gasteiger partial charge in [0.1, 0.15) is 0 Å². The third-order valence-electron chi connectivity index (χ3n) is 2.95. The van der Waals surface area contributed by atoms with Gasteiger partial charge in [0.15, 0.2) is 0 Å². The third kappa shape index (κ3) is 3.69. The number of nitrogens with one attached hydrogen (secondary N) is 1. The van der Waals surface area contributed by atoms with E-state index in [0.717, 1.165) is 0 Å². The molecule has 2 rings (SSSR count). The molecule has 0 amide bonds. The Morgan fingerprint density at radius 3 is 2.17 bits per heavy atom. The maximum Gasteiger partial charge on any atom is 0.0717 e. The van der Waals surface area contributed by atoms with Crippen molar-refractivity contribution in [2.24, 2.45) is 0 Å². The van der Waals surface area contributed by atoms with Crippen molar-refractivity contribution in [1.82, 2.24) is 5.32 Å². The van der Waals surface area contributed by atoms with E-state index in [1.165, 1.54) is 11.1 Å². The summed E-state index contributed by atoms with van der Waals surface area (Å²) in [6.45, 7) is 1.33. The van der Waals surface area contributed by atoms with Crippen LogP contribution in [0.4, 0.5) is 0 Å². The molecule has 0 fully saturated rings. The van der Waals surface area contributed by atoms with Gasteiger partial charge in [0.25, 0.3) is 0 Å². The van der Waals surface area contributed by atoms with E-state index in [9.17, 15) is 0 Å². The summed E-state index contributed by atoms with van der Waals surface area (Å²) in [6.07, 6.45) is 0. The molecular formula is C16H19NO. The molecule has 18 heavy (non-hydrogen) atoms. The standard InChI is InChI=1S/C16H19NO/c1-17-16(15-10-6-3-7-11-15)13-18-12-14-8-4-2-5-9-14/h2-11,16-17H,12-13H2,1H3/t16-/m1/s1. The van der Waals surface area contributed by atoms with Crippen molar-refractivity contribution in [1.29, 1.82) is 0 Å². The van der Waals surface area contributed by atoms with Crippen molar-refractivity contribution in [3.8, 4) is 0 Å². The van der Waals surface area contributed by atoms with E-state index in [4.69, 9.17) is 4.74 Å². The maximum atomic E-state index is 5.76. The Hall–Kier alpha value is -1.64. The van der Waals surface area contributed by atoms with Gasteiger partial charge >= 0.3 is 0 Å². The van der Waals surface area contributed by atoms with Crippen LogP contribution in [0, 0.1) is 0 Å². The molecule has 0 aliphatic carbocycles. The van der Waals surface area contributed by atoms with Gasteiger partial charge in [0.2, 0.25) is 0 Å². The molecule has 0 aliphatic heterocycles. The molecule has 0 radical (unpaired) electrons. The van der Waals surface area contributed by atoms with E-state index >= 15 is 0 Å². The zero-order valence-corrected chi connectivity index (χ0v) is 10.7. The van der Waals surface area contributed by atoms with Crippen LogP contribution in [0.15, 0.2) is 60.7 Å². The largest absolute Gasteiger partial charge is 0.375 e. The van der Waals surface area contributed by atoms with E-state index in [2.05, 4.69) is 41.7 Å². The molecule has 94 valence electrons. The van der Waals surface area contributed by atoms with Crippen molar-refractivity contribution in [3.63, 3.8) is 0 Å². The molecule has 0 unspecified atom stereocenters. The van der Waals surface area contributed by atoms with Crippen LogP contribution >= 0.6 is 0 Å². The third-order valence-corrected chi connectivity index (χ3v) is 2.95. The Bertz CT molecular complexity index is 441. The molecule has 2 nitrogen and oxygen atoms in total. The summed E-state index contributed by atoms with van der Waals surface area (Å²) >= 11 is 0. The second-order valence-electron chi connectivity index (χ2n) is 4.25.